The highest BCUT2D eigenvalue weighted by atomic mass is 16.5. The lowest BCUT2D eigenvalue weighted by Crippen LogP contribution is -2.30. The van der Waals surface area contributed by atoms with E-state index in [0.29, 0.717) is 17.3 Å². The predicted octanol–water partition coefficient (Wildman–Crippen LogP) is 4.15. The molecule has 0 bridgehead atoms. The molecule has 0 aliphatic carbocycles. The van der Waals surface area contributed by atoms with Crippen molar-refractivity contribution >= 4 is 17.5 Å². The van der Waals surface area contributed by atoms with E-state index in [4.69, 9.17) is 4.74 Å². The van der Waals surface area contributed by atoms with E-state index < -0.39 is 0 Å². The molecule has 1 heterocycles. The standard InChI is InChI=1S/C20H20N4O2/c1-14(2)23-19(25)15-12-21-20(22-13-15)24-17-10-6-7-11-18(17)26-16-8-4-3-5-9-16/h3-14H,1-2H3,(H,23,25)(H,21,22,24). The Morgan fingerprint density at radius 2 is 1.62 bits per heavy atom. The van der Waals surface area contributed by atoms with Crippen LogP contribution in [0.15, 0.2) is 67.0 Å². The van der Waals surface area contributed by atoms with Crippen molar-refractivity contribution in [1.82, 2.24) is 15.3 Å². The average molecular weight is 348 g/mol. The van der Waals surface area contributed by atoms with Gasteiger partial charge >= 0.3 is 0 Å². The summed E-state index contributed by atoms with van der Waals surface area (Å²) in [5.74, 6) is 1.59. The number of anilines is 2. The van der Waals surface area contributed by atoms with Crippen molar-refractivity contribution < 1.29 is 9.53 Å². The van der Waals surface area contributed by atoms with Crippen LogP contribution < -0.4 is 15.4 Å². The summed E-state index contributed by atoms with van der Waals surface area (Å²) in [6.45, 7) is 3.80. The van der Waals surface area contributed by atoms with Gasteiger partial charge in [-0.25, -0.2) is 9.97 Å². The van der Waals surface area contributed by atoms with Gasteiger partial charge in [0.15, 0.2) is 5.75 Å². The molecule has 0 atom stereocenters. The summed E-state index contributed by atoms with van der Waals surface area (Å²) in [5, 5.41) is 5.93. The van der Waals surface area contributed by atoms with Gasteiger partial charge in [0.05, 0.1) is 11.3 Å². The molecule has 0 saturated heterocycles. The fourth-order valence-corrected chi connectivity index (χ4v) is 2.25. The van der Waals surface area contributed by atoms with Gasteiger partial charge in [-0.05, 0) is 38.1 Å². The molecule has 0 fully saturated rings. The number of amides is 1. The van der Waals surface area contributed by atoms with E-state index in [9.17, 15) is 4.79 Å². The minimum atomic E-state index is -0.195. The van der Waals surface area contributed by atoms with Crippen LogP contribution in [0, 0.1) is 0 Å². The molecule has 2 N–H and O–H groups in total. The molecule has 0 aliphatic heterocycles. The maximum Gasteiger partial charge on any atom is 0.254 e. The normalized spacial score (nSPS) is 10.4. The molecular weight excluding hydrogens is 328 g/mol. The molecule has 0 saturated carbocycles. The first kappa shape index (κ1) is 17.4. The van der Waals surface area contributed by atoms with E-state index in [1.807, 2.05) is 68.4 Å². The Labute approximate surface area is 152 Å². The second-order valence-electron chi connectivity index (χ2n) is 5.96. The molecule has 3 rings (SSSR count). The number of hydrogen-bond acceptors (Lipinski definition) is 5. The highest BCUT2D eigenvalue weighted by molar-refractivity contribution is 5.93. The minimum absolute atomic E-state index is 0.0577. The van der Waals surface area contributed by atoms with Crippen LogP contribution in [0.2, 0.25) is 0 Å². The average Bonchev–Trinajstić information content (AvgIpc) is 2.64. The highest BCUT2D eigenvalue weighted by Crippen LogP contribution is 2.30. The van der Waals surface area contributed by atoms with Crippen LogP contribution in [-0.4, -0.2) is 21.9 Å². The first-order valence-corrected chi connectivity index (χ1v) is 8.33. The van der Waals surface area contributed by atoms with Crippen LogP contribution in [0.5, 0.6) is 11.5 Å². The Balaban J connectivity index is 1.74. The van der Waals surface area contributed by atoms with E-state index >= 15 is 0 Å². The van der Waals surface area contributed by atoms with Crippen molar-refractivity contribution in [1.29, 1.82) is 0 Å². The maximum atomic E-state index is 12.0. The molecular formula is C20H20N4O2. The Morgan fingerprint density at radius 1 is 0.962 bits per heavy atom. The van der Waals surface area contributed by atoms with Gasteiger partial charge < -0.3 is 15.4 Å². The first-order chi connectivity index (χ1) is 12.6. The van der Waals surface area contributed by atoms with Gasteiger partial charge in [-0.3, -0.25) is 4.79 Å². The second kappa shape index (κ2) is 8.11. The van der Waals surface area contributed by atoms with Crippen molar-refractivity contribution in [3.05, 3.63) is 72.6 Å². The third kappa shape index (κ3) is 4.57. The summed E-state index contributed by atoms with van der Waals surface area (Å²) < 4.78 is 5.91. The van der Waals surface area contributed by atoms with Gasteiger partial charge in [0.2, 0.25) is 5.95 Å². The molecule has 6 nitrogen and oxygen atoms in total. The Morgan fingerprint density at radius 3 is 2.31 bits per heavy atom. The van der Waals surface area contributed by atoms with Gasteiger partial charge in [0, 0.05) is 18.4 Å². The highest BCUT2D eigenvalue weighted by Gasteiger charge is 2.10. The lowest BCUT2D eigenvalue weighted by molar-refractivity contribution is 0.0942. The molecule has 26 heavy (non-hydrogen) atoms. The summed E-state index contributed by atoms with van der Waals surface area (Å²) in [6, 6.07) is 17.1. The largest absolute Gasteiger partial charge is 0.455 e. The first-order valence-electron chi connectivity index (χ1n) is 8.33. The number of ether oxygens (including phenoxy) is 1. The van der Waals surface area contributed by atoms with E-state index in [0.717, 1.165) is 11.4 Å². The Hall–Kier alpha value is -3.41. The third-order valence-electron chi connectivity index (χ3n) is 3.44. The number of carbonyl (C=O) groups is 1. The quantitative estimate of drug-likeness (QED) is 0.700. The number of nitrogens with zero attached hydrogens (tertiary/aromatic N) is 2. The lowest BCUT2D eigenvalue weighted by Gasteiger charge is -2.12. The zero-order valence-electron chi connectivity index (χ0n) is 14.6. The van der Waals surface area contributed by atoms with Crippen LogP contribution in [-0.2, 0) is 0 Å². The number of benzene rings is 2. The molecule has 3 aromatic rings. The lowest BCUT2D eigenvalue weighted by atomic mass is 10.3. The van der Waals surface area contributed by atoms with Gasteiger partial charge in [-0.15, -0.1) is 0 Å². The van der Waals surface area contributed by atoms with Crippen molar-refractivity contribution in [3.8, 4) is 11.5 Å². The van der Waals surface area contributed by atoms with Crippen molar-refractivity contribution in [3.63, 3.8) is 0 Å². The number of aromatic nitrogens is 2. The van der Waals surface area contributed by atoms with Gasteiger partial charge in [-0.2, -0.15) is 0 Å². The zero-order chi connectivity index (χ0) is 18.4. The van der Waals surface area contributed by atoms with Crippen LogP contribution >= 0.6 is 0 Å². The monoisotopic (exact) mass is 348 g/mol. The number of rotatable bonds is 6. The van der Waals surface area contributed by atoms with Gasteiger partial charge in [0.25, 0.3) is 5.91 Å². The van der Waals surface area contributed by atoms with E-state index in [2.05, 4.69) is 20.6 Å². The molecule has 0 spiro atoms. The summed E-state index contributed by atoms with van der Waals surface area (Å²) in [7, 11) is 0. The summed E-state index contributed by atoms with van der Waals surface area (Å²) in [4.78, 5) is 20.4. The van der Waals surface area contributed by atoms with Crippen LogP contribution in [0.1, 0.15) is 24.2 Å². The van der Waals surface area contributed by atoms with E-state index in [1.54, 1.807) is 0 Å². The number of hydrogen-bond donors (Lipinski definition) is 2. The molecule has 1 amide bonds. The van der Waals surface area contributed by atoms with Gasteiger partial charge in [-0.1, -0.05) is 30.3 Å². The van der Waals surface area contributed by atoms with E-state index in [1.165, 1.54) is 12.4 Å². The summed E-state index contributed by atoms with van der Waals surface area (Å²) in [5.41, 5.74) is 1.15. The summed E-state index contributed by atoms with van der Waals surface area (Å²) >= 11 is 0. The molecule has 1 aromatic heterocycles. The SMILES string of the molecule is CC(C)NC(=O)c1cnc(Nc2ccccc2Oc2ccccc2)nc1. The van der Waals surface area contributed by atoms with Crippen molar-refractivity contribution in [2.75, 3.05) is 5.32 Å². The second-order valence-corrected chi connectivity index (χ2v) is 5.96. The maximum absolute atomic E-state index is 12.0. The number of carbonyl (C=O) groups excluding carboxylic acids is 1. The molecule has 132 valence electrons. The van der Waals surface area contributed by atoms with E-state index in [-0.39, 0.29) is 11.9 Å². The molecule has 0 aliphatic rings. The van der Waals surface area contributed by atoms with Crippen LogP contribution in [0.3, 0.4) is 0 Å². The topological polar surface area (TPSA) is 76.1 Å². The van der Waals surface area contributed by atoms with Crippen LogP contribution in [0.25, 0.3) is 0 Å². The summed E-state index contributed by atoms with van der Waals surface area (Å²) in [6.07, 6.45) is 2.99. The predicted molar refractivity (Wildman–Crippen MR) is 101 cm³/mol. The minimum Gasteiger partial charge on any atom is -0.455 e. The third-order valence-corrected chi connectivity index (χ3v) is 3.44. The molecule has 0 radical (unpaired) electrons. The Kier molecular flexibility index (Phi) is 5.43. The molecule has 0 unspecified atom stereocenters. The van der Waals surface area contributed by atoms with Crippen molar-refractivity contribution in [2.24, 2.45) is 0 Å². The van der Waals surface area contributed by atoms with Crippen molar-refractivity contribution in [2.45, 2.75) is 19.9 Å². The number of nitrogens with one attached hydrogen (secondary N) is 2. The number of para-hydroxylation sites is 3. The van der Waals surface area contributed by atoms with Crippen LogP contribution in [0.4, 0.5) is 11.6 Å². The van der Waals surface area contributed by atoms with Gasteiger partial charge in [0.1, 0.15) is 5.75 Å². The Bertz CT molecular complexity index is 864. The fraction of sp³-hybridized carbons (Fsp3) is 0.150. The fourth-order valence-electron chi connectivity index (χ4n) is 2.25. The zero-order valence-corrected chi connectivity index (χ0v) is 14.6. The smallest absolute Gasteiger partial charge is 0.254 e. The molecule has 2 aromatic carbocycles. The molecule has 6 heteroatoms.